The van der Waals surface area contributed by atoms with Gasteiger partial charge in [-0.15, -0.1) is 0 Å². The second-order valence-corrected chi connectivity index (χ2v) is 2.30. The zero-order valence-corrected chi connectivity index (χ0v) is 5.52. The van der Waals surface area contributed by atoms with E-state index in [0.29, 0.717) is 0 Å². The minimum absolute atomic E-state index is 1.16. The molecule has 1 saturated heterocycles. The molecule has 1 aliphatic rings. The zero-order valence-electron chi connectivity index (χ0n) is 5.52. The summed E-state index contributed by atoms with van der Waals surface area (Å²) in [4.78, 5) is 0. The molecule has 0 saturated carbocycles. The van der Waals surface area contributed by atoms with Crippen molar-refractivity contribution in [3.05, 3.63) is 0 Å². The molecule has 1 rings (SSSR count). The first-order valence-electron chi connectivity index (χ1n) is 2.97. The second kappa shape index (κ2) is 2.44. The van der Waals surface area contributed by atoms with Gasteiger partial charge in [-0.3, -0.25) is 0 Å². The molecule has 0 unspecified atom stereocenters. The van der Waals surface area contributed by atoms with Gasteiger partial charge in [-0.2, -0.15) is 5.53 Å². The van der Waals surface area contributed by atoms with Crippen LogP contribution in [0.25, 0.3) is 0 Å². The summed E-state index contributed by atoms with van der Waals surface area (Å²) in [7, 11) is 4.10. The molecule has 1 heterocycles. The number of rotatable bonds is 0. The molecule has 0 aromatic carbocycles. The average Bonchev–Trinajstić information content (AvgIpc) is 1.64. The monoisotopic (exact) mass is 115 g/mol. The zero-order chi connectivity index (χ0) is 5.98. The molecule has 0 amide bonds. The van der Waals surface area contributed by atoms with E-state index in [4.69, 9.17) is 0 Å². The summed E-state index contributed by atoms with van der Waals surface area (Å²) >= 11 is 0. The highest BCUT2D eigenvalue weighted by Crippen LogP contribution is 1.92. The lowest BCUT2D eigenvalue weighted by Crippen LogP contribution is -2.51. The van der Waals surface area contributed by atoms with Crippen LogP contribution in [0.1, 0.15) is 6.42 Å². The van der Waals surface area contributed by atoms with Gasteiger partial charge in [0.05, 0.1) is 0 Å². The molecular weight excluding hydrogens is 102 g/mol. The van der Waals surface area contributed by atoms with E-state index in [9.17, 15) is 0 Å². The van der Waals surface area contributed by atoms with Crippen molar-refractivity contribution >= 4 is 0 Å². The van der Waals surface area contributed by atoms with E-state index in [1.807, 2.05) is 0 Å². The van der Waals surface area contributed by atoms with Crippen molar-refractivity contribution in [2.75, 3.05) is 27.2 Å². The number of nitrogens with zero attached hydrogens (tertiary/aromatic N) is 2. The predicted molar refractivity (Wildman–Crippen MR) is 33.0 cm³/mol. The van der Waals surface area contributed by atoms with Gasteiger partial charge in [0, 0.05) is 27.2 Å². The first-order valence-corrected chi connectivity index (χ1v) is 2.97. The van der Waals surface area contributed by atoms with Gasteiger partial charge in [0.15, 0.2) is 0 Å². The Labute approximate surface area is 50.2 Å². The van der Waals surface area contributed by atoms with Crippen molar-refractivity contribution < 1.29 is 0 Å². The summed E-state index contributed by atoms with van der Waals surface area (Å²) in [6.45, 7) is 2.31. The third kappa shape index (κ3) is 1.43. The predicted octanol–water partition coefficient (Wildman–Crippen LogP) is -0.327. The van der Waals surface area contributed by atoms with Crippen LogP contribution in [0.3, 0.4) is 0 Å². The van der Waals surface area contributed by atoms with Crippen LogP contribution in [-0.4, -0.2) is 37.2 Å². The summed E-state index contributed by atoms with van der Waals surface area (Å²) in [5.74, 6) is 0. The molecule has 0 spiro atoms. The van der Waals surface area contributed by atoms with Crippen molar-refractivity contribution in [1.29, 1.82) is 0 Å². The Bertz CT molecular complexity index is 66.1. The van der Waals surface area contributed by atoms with E-state index in [1.165, 1.54) is 6.42 Å². The lowest BCUT2D eigenvalue weighted by molar-refractivity contribution is 0.0239. The quantitative estimate of drug-likeness (QED) is 0.466. The number of hydrazine groups is 2. The maximum absolute atomic E-state index is 3.15. The van der Waals surface area contributed by atoms with Crippen LogP contribution in [0, 0.1) is 0 Å². The van der Waals surface area contributed by atoms with Gasteiger partial charge < -0.3 is 0 Å². The Morgan fingerprint density at radius 1 is 1.12 bits per heavy atom. The molecule has 0 aromatic rings. The lowest BCUT2D eigenvalue weighted by Gasteiger charge is -2.30. The van der Waals surface area contributed by atoms with Crippen LogP contribution < -0.4 is 5.53 Å². The van der Waals surface area contributed by atoms with Gasteiger partial charge in [-0.05, 0) is 6.42 Å². The molecule has 48 valence electrons. The highest BCUT2D eigenvalue weighted by Gasteiger charge is 2.07. The molecule has 0 aromatic heterocycles. The SMILES string of the molecule is CN1CCCN(C)N1. The Hall–Kier alpha value is -0.120. The molecule has 0 aliphatic carbocycles. The van der Waals surface area contributed by atoms with Crippen molar-refractivity contribution in [2.45, 2.75) is 6.42 Å². The standard InChI is InChI=1S/C5H13N3/c1-7-4-3-5-8(2)6-7/h6H,3-5H2,1-2H3. The van der Waals surface area contributed by atoms with Crippen LogP contribution in [0.5, 0.6) is 0 Å². The third-order valence-corrected chi connectivity index (χ3v) is 1.33. The smallest absolute Gasteiger partial charge is 0.0153 e. The molecule has 3 heteroatoms. The summed E-state index contributed by atoms with van der Waals surface area (Å²) in [6, 6.07) is 0. The molecule has 0 radical (unpaired) electrons. The van der Waals surface area contributed by atoms with Crippen molar-refractivity contribution in [1.82, 2.24) is 15.6 Å². The fourth-order valence-corrected chi connectivity index (χ4v) is 0.936. The van der Waals surface area contributed by atoms with Gasteiger partial charge in [0.1, 0.15) is 0 Å². The van der Waals surface area contributed by atoms with Crippen LogP contribution in [0.2, 0.25) is 0 Å². The van der Waals surface area contributed by atoms with E-state index in [0.717, 1.165) is 13.1 Å². The normalized spacial score (nSPS) is 26.2. The maximum atomic E-state index is 3.15. The number of hydrogen-bond acceptors (Lipinski definition) is 3. The molecule has 3 nitrogen and oxygen atoms in total. The first kappa shape index (κ1) is 6.01. The van der Waals surface area contributed by atoms with Gasteiger partial charge in [0.2, 0.25) is 0 Å². The van der Waals surface area contributed by atoms with Crippen LogP contribution in [0.15, 0.2) is 0 Å². The molecule has 1 N–H and O–H groups in total. The maximum Gasteiger partial charge on any atom is 0.0153 e. The van der Waals surface area contributed by atoms with Crippen LogP contribution in [0.4, 0.5) is 0 Å². The van der Waals surface area contributed by atoms with Gasteiger partial charge in [-0.1, -0.05) is 0 Å². The summed E-state index contributed by atoms with van der Waals surface area (Å²) in [6.07, 6.45) is 1.26. The first-order chi connectivity index (χ1) is 3.79. The lowest BCUT2D eigenvalue weighted by atomic mass is 10.4. The van der Waals surface area contributed by atoms with E-state index in [1.54, 1.807) is 0 Å². The number of hydrogen-bond donors (Lipinski definition) is 1. The molecular formula is C5H13N3. The van der Waals surface area contributed by atoms with Gasteiger partial charge >= 0.3 is 0 Å². The van der Waals surface area contributed by atoms with Crippen LogP contribution in [-0.2, 0) is 0 Å². The molecule has 0 bridgehead atoms. The fourth-order valence-electron chi connectivity index (χ4n) is 0.936. The largest absolute Gasteiger partial charge is 0.234 e. The van der Waals surface area contributed by atoms with Gasteiger partial charge in [0.25, 0.3) is 0 Å². The fraction of sp³-hybridized carbons (Fsp3) is 1.00. The highest BCUT2D eigenvalue weighted by molar-refractivity contribution is 4.53. The highest BCUT2D eigenvalue weighted by atomic mass is 15.7. The Balaban J connectivity index is 2.23. The molecule has 8 heavy (non-hydrogen) atoms. The van der Waals surface area contributed by atoms with E-state index < -0.39 is 0 Å². The third-order valence-electron chi connectivity index (χ3n) is 1.33. The Morgan fingerprint density at radius 3 is 1.88 bits per heavy atom. The van der Waals surface area contributed by atoms with E-state index in [-0.39, 0.29) is 0 Å². The summed E-state index contributed by atoms with van der Waals surface area (Å²) in [5, 5.41) is 4.17. The van der Waals surface area contributed by atoms with Crippen molar-refractivity contribution in [3.63, 3.8) is 0 Å². The number of nitrogens with one attached hydrogen (secondary N) is 1. The summed E-state index contributed by atoms with van der Waals surface area (Å²) < 4.78 is 0. The van der Waals surface area contributed by atoms with E-state index >= 15 is 0 Å². The van der Waals surface area contributed by atoms with Gasteiger partial charge in [-0.25, -0.2) is 10.0 Å². The minimum Gasteiger partial charge on any atom is -0.234 e. The van der Waals surface area contributed by atoms with Crippen LogP contribution >= 0.6 is 0 Å². The molecule has 1 aliphatic heterocycles. The second-order valence-electron chi connectivity index (χ2n) is 2.30. The van der Waals surface area contributed by atoms with Crippen molar-refractivity contribution in [3.8, 4) is 0 Å². The van der Waals surface area contributed by atoms with Crippen molar-refractivity contribution in [2.24, 2.45) is 0 Å². The average molecular weight is 115 g/mol. The van der Waals surface area contributed by atoms with E-state index in [2.05, 4.69) is 29.6 Å². The minimum atomic E-state index is 1.16. The summed E-state index contributed by atoms with van der Waals surface area (Å²) in [5.41, 5.74) is 3.15. The molecule has 0 atom stereocenters. The Morgan fingerprint density at radius 2 is 1.62 bits per heavy atom. The molecule has 1 fully saturated rings. The Kier molecular flexibility index (Phi) is 1.83. The topological polar surface area (TPSA) is 18.5 Å².